The van der Waals surface area contributed by atoms with Gasteiger partial charge in [-0.05, 0) is 106 Å². The lowest BCUT2D eigenvalue weighted by Crippen LogP contribution is -2.61. The third-order valence-electron chi connectivity index (χ3n) is 15.1. The molecule has 3 heteroatoms. The average molecular weight is 873 g/mol. The van der Waals surface area contributed by atoms with E-state index in [1.54, 1.807) is 0 Å². The normalized spacial score (nSPS) is 12.8. The monoisotopic (exact) mass is 872 g/mol. The standard InChI is InChI=1S/C66H41BN2/c1-3-20-42(21-4-1)62-52-32-15-11-28-48(52)50-30-13-17-34-54(50)65(62)68-58-36-19-37-59-64(58)67(56-38-44-24-7-9-26-46(44)40-60(56)68)57-39-45-25-8-10-27-47(45)41-61(57)69(59)66-55-35-18-14-31-51(55)49-29-12-16-33-53(49)63(66)43-22-5-2-6-23-43/h1-41H. The summed E-state index contributed by atoms with van der Waals surface area (Å²) >= 11 is 0. The number of anilines is 6. The molecule has 0 saturated carbocycles. The SMILES string of the molecule is c1ccc(-c2c(N3c4cc5ccccc5cc4B4c5cc6ccccc6cc5N(c5c(-c6ccccc6)c6ccccc6c6ccccc56)c5cccc3c54)c3ccccc3c3ccccc23)cc1. The second-order valence-electron chi connectivity index (χ2n) is 18.7. The van der Waals surface area contributed by atoms with Crippen molar-refractivity contribution in [1.29, 1.82) is 0 Å². The van der Waals surface area contributed by atoms with E-state index in [-0.39, 0.29) is 6.71 Å². The van der Waals surface area contributed by atoms with Gasteiger partial charge in [0.05, 0.1) is 11.4 Å². The number of nitrogens with zero attached hydrogens (tertiary/aromatic N) is 2. The highest BCUT2D eigenvalue weighted by Gasteiger charge is 2.45. The molecule has 0 aromatic heterocycles. The molecule has 0 spiro atoms. The van der Waals surface area contributed by atoms with Crippen LogP contribution in [0.5, 0.6) is 0 Å². The first-order valence-corrected chi connectivity index (χ1v) is 24.0. The van der Waals surface area contributed by atoms with E-state index in [4.69, 9.17) is 0 Å². The van der Waals surface area contributed by atoms with E-state index in [2.05, 4.69) is 259 Å². The Morgan fingerprint density at radius 1 is 0.246 bits per heavy atom. The maximum absolute atomic E-state index is 2.65. The van der Waals surface area contributed by atoms with Crippen molar-refractivity contribution < 1.29 is 0 Å². The molecule has 0 N–H and O–H groups in total. The van der Waals surface area contributed by atoms with Gasteiger partial charge < -0.3 is 9.80 Å². The lowest BCUT2D eigenvalue weighted by molar-refractivity contribution is 1.27. The van der Waals surface area contributed by atoms with Crippen LogP contribution in [-0.4, -0.2) is 6.71 Å². The van der Waals surface area contributed by atoms with Gasteiger partial charge in [-0.1, -0.05) is 224 Å². The summed E-state index contributed by atoms with van der Waals surface area (Å²) in [5, 5.41) is 14.8. The van der Waals surface area contributed by atoms with Gasteiger partial charge in [0.25, 0.3) is 6.71 Å². The zero-order valence-corrected chi connectivity index (χ0v) is 37.6. The zero-order valence-electron chi connectivity index (χ0n) is 37.6. The maximum atomic E-state index is 2.65. The average Bonchev–Trinajstić information content (AvgIpc) is 3.42. The van der Waals surface area contributed by atoms with Crippen molar-refractivity contribution in [3.8, 4) is 22.3 Å². The van der Waals surface area contributed by atoms with Gasteiger partial charge in [0.15, 0.2) is 0 Å². The number of rotatable bonds is 4. The van der Waals surface area contributed by atoms with Crippen LogP contribution in [0.25, 0.3) is 86.9 Å². The molecule has 2 aliphatic rings. The Bertz CT molecular complexity index is 4000. The van der Waals surface area contributed by atoms with E-state index < -0.39 is 0 Å². The van der Waals surface area contributed by atoms with Gasteiger partial charge in [-0.3, -0.25) is 0 Å². The van der Waals surface area contributed by atoms with Gasteiger partial charge in [-0.25, -0.2) is 0 Å². The minimum Gasteiger partial charge on any atom is -0.310 e. The minimum atomic E-state index is -0.0679. The van der Waals surface area contributed by atoms with Crippen molar-refractivity contribution in [2.24, 2.45) is 0 Å². The second-order valence-corrected chi connectivity index (χ2v) is 18.7. The Balaban J connectivity index is 1.14. The number of fused-ring (bicyclic) bond motifs is 12. The van der Waals surface area contributed by atoms with Crippen LogP contribution < -0.4 is 26.2 Å². The minimum absolute atomic E-state index is 0.0679. The molecule has 0 bridgehead atoms. The van der Waals surface area contributed by atoms with Gasteiger partial charge in [0.2, 0.25) is 0 Å². The molecular weight excluding hydrogens is 832 g/mol. The lowest BCUT2D eigenvalue weighted by atomic mass is 9.33. The molecule has 0 amide bonds. The first-order valence-electron chi connectivity index (χ1n) is 24.0. The van der Waals surface area contributed by atoms with Crippen molar-refractivity contribution in [3.05, 3.63) is 249 Å². The third kappa shape index (κ3) is 5.50. The van der Waals surface area contributed by atoms with Gasteiger partial charge in [0, 0.05) is 44.6 Å². The molecule has 2 aliphatic heterocycles. The van der Waals surface area contributed by atoms with Crippen molar-refractivity contribution >= 4 is 122 Å². The molecule has 318 valence electrons. The van der Waals surface area contributed by atoms with Crippen LogP contribution >= 0.6 is 0 Å². The summed E-state index contributed by atoms with van der Waals surface area (Å²) in [5.41, 5.74) is 15.9. The quantitative estimate of drug-likeness (QED) is 0.128. The fraction of sp³-hybridized carbons (Fsp3) is 0. The Morgan fingerprint density at radius 2 is 0.565 bits per heavy atom. The zero-order chi connectivity index (χ0) is 45.2. The van der Waals surface area contributed by atoms with Gasteiger partial charge in [0.1, 0.15) is 0 Å². The van der Waals surface area contributed by atoms with Crippen LogP contribution in [0.15, 0.2) is 249 Å². The van der Waals surface area contributed by atoms with Crippen LogP contribution in [0.3, 0.4) is 0 Å². The Hall–Kier alpha value is -8.92. The summed E-state index contributed by atoms with van der Waals surface area (Å²) in [4.78, 5) is 5.30. The van der Waals surface area contributed by atoms with Crippen molar-refractivity contribution in [3.63, 3.8) is 0 Å². The highest BCUT2D eigenvalue weighted by atomic mass is 15.2. The molecule has 13 aromatic rings. The number of benzene rings is 13. The van der Waals surface area contributed by atoms with Gasteiger partial charge in [-0.15, -0.1) is 0 Å². The van der Waals surface area contributed by atoms with Crippen LogP contribution in [0.1, 0.15) is 0 Å². The second kappa shape index (κ2) is 14.8. The molecule has 2 nitrogen and oxygen atoms in total. The summed E-state index contributed by atoms with van der Waals surface area (Å²) in [6.07, 6.45) is 0. The highest BCUT2D eigenvalue weighted by Crippen LogP contribution is 2.54. The molecule has 0 aliphatic carbocycles. The van der Waals surface area contributed by atoms with E-state index in [0.717, 1.165) is 0 Å². The van der Waals surface area contributed by atoms with Gasteiger partial charge in [-0.2, -0.15) is 0 Å². The molecular formula is C66H41BN2. The van der Waals surface area contributed by atoms with E-state index in [1.165, 1.54) is 137 Å². The maximum Gasteiger partial charge on any atom is 0.252 e. The molecule has 15 rings (SSSR count). The predicted octanol–water partition coefficient (Wildman–Crippen LogP) is 16.0. The van der Waals surface area contributed by atoms with Crippen LogP contribution in [-0.2, 0) is 0 Å². The smallest absolute Gasteiger partial charge is 0.252 e. The summed E-state index contributed by atoms with van der Waals surface area (Å²) in [6, 6.07) is 93.1. The molecule has 69 heavy (non-hydrogen) atoms. The number of hydrogen-bond donors (Lipinski definition) is 0. The fourth-order valence-corrected chi connectivity index (χ4v) is 12.3. The summed E-state index contributed by atoms with van der Waals surface area (Å²) < 4.78 is 0. The molecule has 0 atom stereocenters. The largest absolute Gasteiger partial charge is 0.310 e. The molecule has 2 heterocycles. The Kier molecular flexibility index (Phi) is 8.19. The van der Waals surface area contributed by atoms with Crippen LogP contribution in [0, 0.1) is 0 Å². The molecule has 0 unspecified atom stereocenters. The molecule has 0 radical (unpaired) electrons. The molecule has 0 fully saturated rings. The van der Waals surface area contributed by atoms with Crippen molar-refractivity contribution in [1.82, 2.24) is 0 Å². The predicted molar refractivity (Wildman–Crippen MR) is 296 cm³/mol. The summed E-state index contributed by atoms with van der Waals surface area (Å²) in [7, 11) is 0. The fourth-order valence-electron chi connectivity index (χ4n) is 12.3. The summed E-state index contributed by atoms with van der Waals surface area (Å²) in [5.74, 6) is 0. The topological polar surface area (TPSA) is 6.48 Å². The van der Waals surface area contributed by atoms with E-state index in [9.17, 15) is 0 Å². The Labute approximate surface area is 400 Å². The molecule has 0 saturated heterocycles. The van der Waals surface area contributed by atoms with Crippen molar-refractivity contribution in [2.75, 3.05) is 9.80 Å². The Morgan fingerprint density at radius 3 is 0.971 bits per heavy atom. The highest BCUT2D eigenvalue weighted by molar-refractivity contribution is 7.00. The first-order chi connectivity index (χ1) is 34.3. The number of hydrogen-bond acceptors (Lipinski definition) is 2. The van der Waals surface area contributed by atoms with Gasteiger partial charge >= 0.3 is 0 Å². The van der Waals surface area contributed by atoms with E-state index in [1.807, 2.05) is 0 Å². The van der Waals surface area contributed by atoms with Crippen LogP contribution in [0.4, 0.5) is 34.1 Å². The van der Waals surface area contributed by atoms with E-state index in [0.29, 0.717) is 0 Å². The first kappa shape index (κ1) is 38.2. The van der Waals surface area contributed by atoms with E-state index >= 15 is 0 Å². The lowest BCUT2D eigenvalue weighted by Gasteiger charge is -2.45. The van der Waals surface area contributed by atoms with Crippen molar-refractivity contribution in [2.45, 2.75) is 0 Å². The molecule has 13 aromatic carbocycles. The third-order valence-corrected chi connectivity index (χ3v) is 15.1. The summed E-state index contributed by atoms with van der Waals surface area (Å²) in [6.45, 7) is -0.0679. The van der Waals surface area contributed by atoms with Crippen LogP contribution in [0.2, 0.25) is 0 Å².